The van der Waals surface area contributed by atoms with Gasteiger partial charge in [0.25, 0.3) is 5.91 Å². The Hall–Kier alpha value is -2.86. The highest BCUT2D eigenvalue weighted by molar-refractivity contribution is 8.18. The van der Waals surface area contributed by atoms with Gasteiger partial charge in [-0.3, -0.25) is 9.69 Å². The first-order chi connectivity index (χ1) is 13.0. The van der Waals surface area contributed by atoms with Crippen molar-refractivity contribution < 1.29 is 14.7 Å². The molecule has 0 radical (unpaired) electrons. The second-order valence-electron chi connectivity index (χ2n) is 6.20. The Morgan fingerprint density at radius 1 is 1.19 bits per heavy atom. The summed E-state index contributed by atoms with van der Waals surface area (Å²) in [7, 11) is 0. The van der Waals surface area contributed by atoms with E-state index in [9.17, 15) is 9.59 Å². The summed E-state index contributed by atoms with van der Waals surface area (Å²) < 4.78 is 0. The van der Waals surface area contributed by atoms with Crippen LogP contribution >= 0.6 is 11.8 Å². The molecule has 0 aliphatic carbocycles. The van der Waals surface area contributed by atoms with Gasteiger partial charge in [0, 0.05) is 6.04 Å². The number of aliphatic imine (C=N–C) groups is 1. The molecule has 138 valence electrons. The lowest BCUT2D eigenvalue weighted by molar-refractivity contribution is -0.123. The molecule has 0 aromatic heterocycles. The minimum absolute atomic E-state index is 0.0350. The van der Waals surface area contributed by atoms with Crippen LogP contribution in [-0.2, 0) is 4.79 Å². The molecule has 0 bridgehead atoms. The van der Waals surface area contributed by atoms with Crippen molar-refractivity contribution in [2.45, 2.75) is 26.3 Å². The third-order valence-electron chi connectivity index (χ3n) is 4.30. The maximum Gasteiger partial charge on any atom is 0.335 e. The molecule has 1 saturated heterocycles. The van der Waals surface area contributed by atoms with Crippen LogP contribution in [0.2, 0.25) is 0 Å². The third kappa shape index (κ3) is 4.28. The largest absolute Gasteiger partial charge is 0.478 e. The van der Waals surface area contributed by atoms with Gasteiger partial charge in [0.05, 0.1) is 16.2 Å². The number of carboxylic acid groups (broad SMARTS) is 1. The summed E-state index contributed by atoms with van der Waals surface area (Å²) >= 11 is 1.34. The number of benzene rings is 2. The van der Waals surface area contributed by atoms with Gasteiger partial charge in [-0.1, -0.05) is 37.3 Å². The van der Waals surface area contributed by atoms with Crippen LogP contribution in [0.5, 0.6) is 0 Å². The first-order valence-corrected chi connectivity index (χ1v) is 9.51. The molecular formula is C21H20N2O3S. The zero-order chi connectivity index (χ0) is 19.4. The Morgan fingerprint density at radius 3 is 2.44 bits per heavy atom. The molecule has 1 heterocycles. The summed E-state index contributed by atoms with van der Waals surface area (Å²) in [5.41, 5.74) is 1.80. The summed E-state index contributed by atoms with van der Waals surface area (Å²) in [6.07, 6.45) is 2.60. The van der Waals surface area contributed by atoms with E-state index >= 15 is 0 Å². The van der Waals surface area contributed by atoms with Gasteiger partial charge < -0.3 is 5.11 Å². The standard InChI is InChI=1S/C21H20N2O3S/c1-3-14(2)23-19(24)18(13-15-9-11-16(12-10-15)20(25)26)27-21(23)22-17-7-5-4-6-8-17/h4-14H,3H2,1-2H3,(H,25,26)/b18-13-,22-21?. The summed E-state index contributed by atoms with van der Waals surface area (Å²) in [6, 6.07) is 16.0. The van der Waals surface area contributed by atoms with Gasteiger partial charge in [0.1, 0.15) is 0 Å². The normalized spacial score (nSPS) is 18.3. The highest BCUT2D eigenvalue weighted by Crippen LogP contribution is 2.35. The molecule has 5 nitrogen and oxygen atoms in total. The molecule has 1 fully saturated rings. The first-order valence-electron chi connectivity index (χ1n) is 8.69. The van der Waals surface area contributed by atoms with E-state index in [1.54, 1.807) is 23.1 Å². The molecule has 1 aliphatic rings. The third-order valence-corrected chi connectivity index (χ3v) is 5.29. The maximum atomic E-state index is 12.9. The van der Waals surface area contributed by atoms with Crippen LogP contribution < -0.4 is 0 Å². The molecule has 27 heavy (non-hydrogen) atoms. The van der Waals surface area contributed by atoms with Crippen molar-refractivity contribution >= 4 is 40.6 Å². The van der Waals surface area contributed by atoms with E-state index in [1.807, 2.05) is 44.2 Å². The average Bonchev–Trinajstić information content (AvgIpc) is 2.97. The number of carbonyl (C=O) groups is 2. The van der Waals surface area contributed by atoms with Crippen molar-refractivity contribution in [1.82, 2.24) is 4.90 Å². The van der Waals surface area contributed by atoms with Gasteiger partial charge >= 0.3 is 5.97 Å². The molecular weight excluding hydrogens is 360 g/mol. The first kappa shape index (κ1) is 18.9. The molecule has 6 heteroatoms. The van der Waals surface area contributed by atoms with Crippen molar-refractivity contribution in [2.24, 2.45) is 4.99 Å². The number of hydrogen-bond acceptors (Lipinski definition) is 4. The van der Waals surface area contributed by atoms with E-state index in [4.69, 9.17) is 5.11 Å². The number of thioether (sulfide) groups is 1. The Morgan fingerprint density at radius 2 is 1.85 bits per heavy atom. The number of amidine groups is 1. The molecule has 2 aromatic carbocycles. The van der Waals surface area contributed by atoms with Gasteiger partial charge in [0.2, 0.25) is 0 Å². The van der Waals surface area contributed by atoms with E-state index in [0.29, 0.717) is 10.1 Å². The molecule has 1 unspecified atom stereocenters. The van der Waals surface area contributed by atoms with Crippen molar-refractivity contribution in [2.75, 3.05) is 0 Å². The molecule has 0 saturated carbocycles. The number of carboxylic acids is 1. The average molecular weight is 380 g/mol. The number of amides is 1. The fourth-order valence-corrected chi connectivity index (χ4v) is 3.71. The lowest BCUT2D eigenvalue weighted by Crippen LogP contribution is -2.36. The Balaban J connectivity index is 1.94. The van der Waals surface area contributed by atoms with E-state index in [2.05, 4.69) is 4.99 Å². The quantitative estimate of drug-likeness (QED) is 0.758. The fraction of sp³-hybridized carbons (Fsp3) is 0.190. The zero-order valence-electron chi connectivity index (χ0n) is 15.1. The van der Waals surface area contributed by atoms with Crippen LogP contribution in [0, 0.1) is 0 Å². The molecule has 1 amide bonds. The number of aromatic carboxylic acids is 1. The number of rotatable bonds is 5. The van der Waals surface area contributed by atoms with Gasteiger partial charge in [-0.25, -0.2) is 9.79 Å². The zero-order valence-corrected chi connectivity index (χ0v) is 15.9. The van der Waals surface area contributed by atoms with Crippen molar-refractivity contribution in [3.8, 4) is 0 Å². The number of nitrogens with zero attached hydrogens (tertiary/aromatic N) is 2. The van der Waals surface area contributed by atoms with E-state index in [-0.39, 0.29) is 17.5 Å². The minimum Gasteiger partial charge on any atom is -0.478 e. The van der Waals surface area contributed by atoms with E-state index in [0.717, 1.165) is 17.7 Å². The summed E-state index contributed by atoms with van der Waals surface area (Å²) in [5, 5.41) is 9.66. The number of hydrogen-bond donors (Lipinski definition) is 1. The fourth-order valence-electron chi connectivity index (χ4n) is 2.62. The van der Waals surface area contributed by atoms with Crippen LogP contribution in [0.15, 0.2) is 64.5 Å². The minimum atomic E-state index is -0.972. The second-order valence-corrected chi connectivity index (χ2v) is 7.21. The second kappa shape index (κ2) is 8.22. The Labute approximate surface area is 162 Å². The monoisotopic (exact) mass is 380 g/mol. The van der Waals surface area contributed by atoms with Crippen LogP contribution in [0.4, 0.5) is 5.69 Å². The molecule has 1 N–H and O–H groups in total. The van der Waals surface area contributed by atoms with Gasteiger partial charge in [-0.2, -0.15) is 0 Å². The lowest BCUT2D eigenvalue weighted by Gasteiger charge is -2.22. The maximum absolute atomic E-state index is 12.9. The molecule has 1 aliphatic heterocycles. The topological polar surface area (TPSA) is 70.0 Å². The smallest absolute Gasteiger partial charge is 0.335 e. The molecule has 2 aromatic rings. The van der Waals surface area contributed by atoms with Crippen molar-refractivity contribution in [3.63, 3.8) is 0 Å². The molecule has 1 atom stereocenters. The van der Waals surface area contributed by atoms with E-state index < -0.39 is 5.97 Å². The molecule has 3 rings (SSSR count). The number of carbonyl (C=O) groups excluding carboxylic acids is 1. The van der Waals surface area contributed by atoms with Crippen LogP contribution in [-0.4, -0.2) is 33.1 Å². The van der Waals surface area contributed by atoms with E-state index in [1.165, 1.54) is 23.9 Å². The predicted molar refractivity (Wildman–Crippen MR) is 109 cm³/mol. The predicted octanol–water partition coefficient (Wildman–Crippen LogP) is 4.79. The van der Waals surface area contributed by atoms with Crippen molar-refractivity contribution in [3.05, 3.63) is 70.6 Å². The Kier molecular flexibility index (Phi) is 5.76. The van der Waals surface area contributed by atoms with Crippen molar-refractivity contribution in [1.29, 1.82) is 0 Å². The van der Waals surface area contributed by atoms with Crippen LogP contribution in [0.25, 0.3) is 6.08 Å². The Bertz CT molecular complexity index is 905. The summed E-state index contributed by atoms with van der Waals surface area (Å²) in [5.74, 6) is -1.05. The summed E-state index contributed by atoms with van der Waals surface area (Å²) in [4.78, 5) is 30.9. The lowest BCUT2D eigenvalue weighted by atomic mass is 10.1. The van der Waals surface area contributed by atoms with Crippen LogP contribution in [0.3, 0.4) is 0 Å². The van der Waals surface area contributed by atoms with Crippen LogP contribution in [0.1, 0.15) is 36.2 Å². The van der Waals surface area contributed by atoms with Gasteiger partial charge in [-0.05, 0) is 61.0 Å². The van der Waals surface area contributed by atoms with Gasteiger partial charge in [-0.15, -0.1) is 0 Å². The highest BCUT2D eigenvalue weighted by atomic mass is 32.2. The molecule has 0 spiro atoms. The highest BCUT2D eigenvalue weighted by Gasteiger charge is 2.36. The van der Waals surface area contributed by atoms with Gasteiger partial charge in [0.15, 0.2) is 5.17 Å². The summed E-state index contributed by atoms with van der Waals surface area (Å²) in [6.45, 7) is 4.04. The SMILES string of the molecule is CCC(C)N1C(=O)/C(=C/c2ccc(C(=O)O)cc2)SC1=Nc1ccccc1. The number of para-hydroxylation sites is 1.